The molecule has 3 unspecified atom stereocenters. The third kappa shape index (κ3) is 1.75. The maximum Gasteiger partial charge on any atom is 0.110 e. The van der Waals surface area contributed by atoms with E-state index in [1.807, 2.05) is 0 Å². The Hall–Kier alpha value is -0.0800. The Labute approximate surface area is 80.9 Å². The molecule has 1 N–H and O–H groups in total. The van der Waals surface area contributed by atoms with E-state index in [-0.39, 0.29) is 6.23 Å². The van der Waals surface area contributed by atoms with E-state index in [0.29, 0.717) is 5.92 Å². The Morgan fingerprint density at radius 1 is 1.31 bits per heavy atom. The number of likely N-dealkylation sites (tertiary alicyclic amines) is 1. The first-order valence-corrected chi connectivity index (χ1v) is 5.75. The normalized spacial score (nSPS) is 40.6. The number of aliphatic hydroxyl groups excluding tert-OH is 1. The fraction of sp³-hybridized carbons (Fsp3) is 1.00. The minimum absolute atomic E-state index is 0.120. The summed E-state index contributed by atoms with van der Waals surface area (Å²) in [4.78, 5) is 2.28. The van der Waals surface area contributed by atoms with E-state index in [0.717, 1.165) is 25.4 Å². The Morgan fingerprint density at radius 3 is 2.77 bits per heavy atom. The van der Waals surface area contributed by atoms with Gasteiger partial charge in [0.15, 0.2) is 0 Å². The van der Waals surface area contributed by atoms with Crippen LogP contribution in [-0.2, 0) is 0 Å². The lowest BCUT2D eigenvalue weighted by Gasteiger charge is -2.26. The highest BCUT2D eigenvalue weighted by Gasteiger charge is 2.40. The van der Waals surface area contributed by atoms with Gasteiger partial charge in [0.2, 0.25) is 0 Å². The molecule has 2 aliphatic rings. The SMILES string of the molecule is CCCN1CC2CCCCC2C1O. The van der Waals surface area contributed by atoms with Crippen LogP contribution in [0.5, 0.6) is 0 Å². The maximum absolute atomic E-state index is 10.0. The lowest BCUT2D eigenvalue weighted by atomic mass is 9.81. The van der Waals surface area contributed by atoms with E-state index in [1.165, 1.54) is 25.7 Å². The number of hydrogen-bond donors (Lipinski definition) is 1. The topological polar surface area (TPSA) is 23.5 Å². The monoisotopic (exact) mass is 183 g/mol. The Morgan fingerprint density at radius 2 is 2.08 bits per heavy atom. The van der Waals surface area contributed by atoms with Gasteiger partial charge >= 0.3 is 0 Å². The van der Waals surface area contributed by atoms with Crippen molar-refractivity contribution in [2.24, 2.45) is 11.8 Å². The summed E-state index contributed by atoms with van der Waals surface area (Å²) >= 11 is 0. The molecule has 1 saturated carbocycles. The summed E-state index contributed by atoms with van der Waals surface area (Å²) in [5, 5.41) is 10.0. The third-order valence-corrected chi connectivity index (χ3v) is 3.70. The molecule has 2 rings (SSSR count). The minimum Gasteiger partial charge on any atom is -0.378 e. The molecule has 0 amide bonds. The van der Waals surface area contributed by atoms with Crippen LogP contribution in [0.25, 0.3) is 0 Å². The van der Waals surface area contributed by atoms with E-state index in [2.05, 4.69) is 11.8 Å². The number of rotatable bonds is 2. The maximum atomic E-state index is 10.0. The summed E-state index contributed by atoms with van der Waals surface area (Å²) in [6.45, 7) is 4.42. The Bertz CT molecular complexity index is 171. The van der Waals surface area contributed by atoms with E-state index in [9.17, 15) is 5.11 Å². The second-order valence-corrected chi connectivity index (χ2v) is 4.62. The average Bonchev–Trinajstić information content (AvgIpc) is 2.46. The fourth-order valence-electron chi connectivity index (χ4n) is 3.05. The zero-order chi connectivity index (χ0) is 9.26. The van der Waals surface area contributed by atoms with Gasteiger partial charge in [-0.2, -0.15) is 0 Å². The van der Waals surface area contributed by atoms with Crippen molar-refractivity contribution < 1.29 is 5.11 Å². The van der Waals surface area contributed by atoms with Crippen molar-refractivity contribution in [3.05, 3.63) is 0 Å². The average molecular weight is 183 g/mol. The van der Waals surface area contributed by atoms with Crippen LogP contribution in [0.15, 0.2) is 0 Å². The highest BCUT2D eigenvalue weighted by atomic mass is 16.3. The van der Waals surface area contributed by atoms with Gasteiger partial charge in [0.25, 0.3) is 0 Å². The molecule has 0 bridgehead atoms. The van der Waals surface area contributed by atoms with Gasteiger partial charge in [-0.15, -0.1) is 0 Å². The molecule has 0 spiro atoms. The number of fused-ring (bicyclic) bond motifs is 1. The first-order valence-electron chi connectivity index (χ1n) is 5.75. The molecule has 0 aromatic heterocycles. The third-order valence-electron chi connectivity index (χ3n) is 3.70. The van der Waals surface area contributed by atoms with Crippen molar-refractivity contribution in [2.45, 2.75) is 45.3 Å². The van der Waals surface area contributed by atoms with Crippen molar-refractivity contribution >= 4 is 0 Å². The van der Waals surface area contributed by atoms with Crippen molar-refractivity contribution in [3.8, 4) is 0 Å². The van der Waals surface area contributed by atoms with Gasteiger partial charge in [-0.3, -0.25) is 4.90 Å². The number of nitrogens with zero attached hydrogens (tertiary/aromatic N) is 1. The molecule has 1 aliphatic carbocycles. The molecule has 76 valence electrons. The molecule has 1 heterocycles. The first-order chi connectivity index (χ1) is 6.33. The van der Waals surface area contributed by atoms with Gasteiger partial charge in [0, 0.05) is 19.0 Å². The molecule has 2 heteroatoms. The van der Waals surface area contributed by atoms with Crippen LogP contribution < -0.4 is 0 Å². The van der Waals surface area contributed by atoms with E-state index < -0.39 is 0 Å². The van der Waals surface area contributed by atoms with E-state index in [1.54, 1.807) is 0 Å². The highest BCUT2D eigenvalue weighted by molar-refractivity contribution is 4.89. The molecule has 2 nitrogen and oxygen atoms in total. The van der Waals surface area contributed by atoms with Crippen molar-refractivity contribution in [1.29, 1.82) is 0 Å². The molecule has 0 radical (unpaired) electrons. The van der Waals surface area contributed by atoms with Gasteiger partial charge in [0.1, 0.15) is 6.23 Å². The van der Waals surface area contributed by atoms with Crippen molar-refractivity contribution in [3.63, 3.8) is 0 Å². The second-order valence-electron chi connectivity index (χ2n) is 4.62. The van der Waals surface area contributed by atoms with Gasteiger partial charge < -0.3 is 5.11 Å². The molecule has 0 aromatic rings. The van der Waals surface area contributed by atoms with Crippen molar-refractivity contribution in [2.75, 3.05) is 13.1 Å². The zero-order valence-electron chi connectivity index (χ0n) is 8.58. The predicted octanol–water partition coefficient (Wildman–Crippen LogP) is 1.84. The Kier molecular flexibility index (Phi) is 2.89. The first kappa shape index (κ1) is 9.47. The number of aliphatic hydroxyl groups is 1. The lowest BCUT2D eigenvalue weighted by Crippen LogP contribution is -2.33. The smallest absolute Gasteiger partial charge is 0.110 e. The second kappa shape index (κ2) is 3.97. The van der Waals surface area contributed by atoms with Gasteiger partial charge in [-0.05, 0) is 25.2 Å². The fourth-order valence-corrected chi connectivity index (χ4v) is 3.05. The summed E-state index contributed by atoms with van der Waals surface area (Å²) in [5.74, 6) is 1.40. The molecular weight excluding hydrogens is 162 g/mol. The standard InChI is InChI=1S/C11H21NO/c1-2-7-12-8-9-5-3-4-6-10(9)11(12)13/h9-11,13H,2-8H2,1H3. The molecular formula is C11H21NO. The van der Waals surface area contributed by atoms with Crippen LogP contribution in [0, 0.1) is 11.8 Å². The highest BCUT2D eigenvalue weighted by Crippen LogP contribution is 2.39. The summed E-state index contributed by atoms with van der Waals surface area (Å²) in [5.41, 5.74) is 0. The predicted molar refractivity (Wildman–Crippen MR) is 53.3 cm³/mol. The van der Waals surface area contributed by atoms with Crippen LogP contribution in [0.3, 0.4) is 0 Å². The largest absolute Gasteiger partial charge is 0.378 e. The van der Waals surface area contributed by atoms with Gasteiger partial charge in [-0.25, -0.2) is 0 Å². The molecule has 1 saturated heterocycles. The lowest BCUT2D eigenvalue weighted by molar-refractivity contribution is -0.000288. The summed E-state index contributed by atoms with van der Waals surface area (Å²) in [6, 6.07) is 0. The number of hydrogen-bond acceptors (Lipinski definition) is 2. The minimum atomic E-state index is -0.120. The Balaban J connectivity index is 1.96. The van der Waals surface area contributed by atoms with Crippen molar-refractivity contribution in [1.82, 2.24) is 4.90 Å². The van der Waals surface area contributed by atoms with E-state index >= 15 is 0 Å². The van der Waals surface area contributed by atoms with Gasteiger partial charge in [-0.1, -0.05) is 19.8 Å². The van der Waals surface area contributed by atoms with Crippen LogP contribution in [-0.4, -0.2) is 29.3 Å². The molecule has 1 aliphatic heterocycles. The summed E-state index contributed by atoms with van der Waals surface area (Å²) < 4.78 is 0. The molecule has 2 fully saturated rings. The zero-order valence-corrected chi connectivity index (χ0v) is 8.58. The quantitative estimate of drug-likeness (QED) is 0.706. The summed E-state index contributed by atoms with van der Waals surface area (Å²) in [6.07, 6.45) is 6.36. The van der Waals surface area contributed by atoms with Crippen LogP contribution in [0.2, 0.25) is 0 Å². The molecule has 3 atom stereocenters. The molecule has 0 aromatic carbocycles. The van der Waals surface area contributed by atoms with Crippen LogP contribution in [0.4, 0.5) is 0 Å². The van der Waals surface area contributed by atoms with Crippen LogP contribution >= 0.6 is 0 Å². The molecule has 13 heavy (non-hydrogen) atoms. The van der Waals surface area contributed by atoms with Gasteiger partial charge in [0.05, 0.1) is 0 Å². The summed E-state index contributed by atoms with van der Waals surface area (Å²) in [7, 11) is 0. The van der Waals surface area contributed by atoms with Crippen LogP contribution in [0.1, 0.15) is 39.0 Å². The van der Waals surface area contributed by atoms with E-state index in [4.69, 9.17) is 0 Å².